The maximum absolute atomic E-state index is 12.3. The Morgan fingerprint density at radius 3 is 2.91 bits per heavy atom. The number of aryl methyl sites for hydroxylation is 1. The minimum atomic E-state index is -0.623. The number of benzene rings is 1. The zero-order chi connectivity index (χ0) is 16.4. The molecule has 3 N–H and O–H groups in total. The van der Waals surface area contributed by atoms with Crippen LogP contribution in [0.3, 0.4) is 0 Å². The van der Waals surface area contributed by atoms with Crippen molar-refractivity contribution in [2.24, 2.45) is 11.7 Å². The van der Waals surface area contributed by atoms with E-state index >= 15 is 0 Å². The number of rotatable bonds is 4. The molecule has 2 fully saturated rings. The average molecular weight is 336 g/mol. The van der Waals surface area contributed by atoms with Gasteiger partial charge in [0.05, 0.1) is 5.54 Å². The largest absolute Gasteiger partial charge is 0.371 e. The highest BCUT2D eigenvalue weighted by atomic mass is 35.5. The summed E-state index contributed by atoms with van der Waals surface area (Å²) in [6, 6.07) is 6.02. The summed E-state index contributed by atoms with van der Waals surface area (Å²) in [5.74, 6) is 0.509. The first-order valence-corrected chi connectivity index (χ1v) is 8.94. The summed E-state index contributed by atoms with van der Waals surface area (Å²) in [7, 11) is 0. The van der Waals surface area contributed by atoms with Gasteiger partial charge in [0.25, 0.3) is 0 Å². The van der Waals surface area contributed by atoms with Crippen molar-refractivity contribution >= 4 is 23.2 Å². The van der Waals surface area contributed by atoms with Crippen molar-refractivity contribution in [3.05, 3.63) is 28.8 Å². The van der Waals surface area contributed by atoms with E-state index in [1.807, 2.05) is 12.1 Å². The average Bonchev–Trinajstić information content (AvgIpc) is 3.17. The molecule has 126 valence electrons. The lowest BCUT2D eigenvalue weighted by atomic mass is 9.97. The normalized spacial score (nSPS) is 23.3. The number of hydrogen-bond acceptors (Lipinski definition) is 3. The predicted octanol–water partition coefficient (Wildman–Crippen LogP) is 2.86. The highest BCUT2D eigenvalue weighted by Gasteiger charge is 2.37. The molecule has 1 aromatic rings. The fraction of sp³-hybridized carbons (Fsp3) is 0.611. The van der Waals surface area contributed by atoms with E-state index < -0.39 is 5.54 Å². The van der Waals surface area contributed by atoms with Crippen LogP contribution in [0.25, 0.3) is 0 Å². The van der Waals surface area contributed by atoms with Crippen LogP contribution in [0, 0.1) is 12.8 Å². The number of hydrogen-bond donors (Lipinski definition) is 2. The Hall–Kier alpha value is -1.26. The van der Waals surface area contributed by atoms with Crippen LogP contribution in [0.15, 0.2) is 18.2 Å². The van der Waals surface area contributed by atoms with E-state index in [1.54, 1.807) is 0 Å². The SMILES string of the molecule is Cc1ccc(Cl)cc1N1CCC(CNC(=O)C2(N)CCCC2)C1. The summed E-state index contributed by atoms with van der Waals surface area (Å²) in [6.07, 6.45) is 4.85. The Labute approximate surface area is 143 Å². The van der Waals surface area contributed by atoms with Gasteiger partial charge in [0.1, 0.15) is 0 Å². The first kappa shape index (κ1) is 16.6. The molecule has 3 rings (SSSR count). The van der Waals surface area contributed by atoms with Crippen molar-refractivity contribution in [1.82, 2.24) is 5.32 Å². The molecule has 1 unspecified atom stereocenters. The molecule has 0 radical (unpaired) electrons. The standard InChI is InChI=1S/C18H26ClN3O/c1-13-4-5-15(19)10-16(13)22-9-6-14(12-22)11-21-17(23)18(20)7-2-3-8-18/h4-5,10,14H,2-3,6-9,11-12,20H2,1H3,(H,21,23). The molecule has 1 saturated heterocycles. The van der Waals surface area contributed by atoms with E-state index in [9.17, 15) is 4.79 Å². The second-order valence-electron chi connectivity index (χ2n) is 7.10. The molecule has 1 saturated carbocycles. The molecule has 1 atom stereocenters. The second kappa shape index (κ2) is 6.70. The van der Waals surface area contributed by atoms with Crippen LogP contribution < -0.4 is 16.0 Å². The van der Waals surface area contributed by atoms with E-state index in [-0.39, 0.29) is 5.91 Å². The fourth-order valence-electron chi connectivity index (χ4n) is 3.79. The molecule has 1 heterocycles. The van der Waals surface area contributed by atoms with Crippen molar-refractivity contribution in [2.45, 2.75) is 44.6 Å². The van der Waals surface area contributed by atoms with Gasteiger partial charge in [-0.1, -0.05) is 30.5 Å². The van der Waals surface area contributed by atoms with Gasteiger partial charge < -0.3 is 16.0 Å². The molecule has 2 aliphatic rings. The minimum Gasteiger partial charge on any atom is -0.371 e. The monoisotopic (exact) mass is 335 g/mol. The Morgan fingerprint density at radius 2 is 2.17 bits per heavy atom. The van der Waals surface area contributed by atoms with Crippen LogP contribution in [0.4, 0.5) is 5.69 Å². The van der Waals surface area contributed by atoms with Gasteiger partial charge in [-0.2, -0.15) is 0 Å². The third-order valence-corrected chi connectivity index (χ3v) is 5.53. The Morgan fingerprint density at radius 1 is 1.43 bits per heavy atom. The number of carbonyl (C=O) groups is 1. The lowest BCUT2D eigenvalue weighted by Gasteiger charge is -2.24. The fourth-order valence-corrected chi connectivity index (χ4v) is 3.95. The molecule has 0 spiro atoms. The predicted molar refractivity (Wildman–Crippen MR) is 94.9 cm³/mol. The van der Waals surface area contributed by atoms with E-state index in [0.29, 0.717) is 12.5 Å². The van der Waals surface area contributed by atoms with Crippen LogP contribution in [-0.4, -0.2) is 31.1 Å². The van der Waals surface area contributed by atoms with Gasteiger partial charge in [0.15, 0.2) is 0 Å². The quantitative estimate of drug-likeness (QED) is 0.889. The molecular weight excluding hydrogens is 310 g/mol. The van der Waals surface area contributed by atoms with Gasteiger partial charge in [-0.25, -0.2) is 0 Å². The maximum atomic E-state index is 12.3. The number of nitrogens with one attached hydrogen (secondary N) is 1. The molecule has 5 heteroatoms. The van der Waals surface area contributed by atoms with Gasteiger partial charge in [-0.3, -0.25) is 4.79 Å². The van der Waals surface area contributed by atoms with Crippen molar-refractivity contribution < 1.29 is 4.79 Å². The van der Waals surface area contributed by atoms with E-state index in [0.717, 1.165) is 50.2 Å². The highest BCUT2D eigenvalue weighted by molar-refractivity contribution is 6.30. The molecule has 0 bridgehead atoms. The molecule has 1 aliphatic carbocycles. The van der Waals surface area contributed by atoms with E-state index in [1.165, 1.54) is 11.3 Å². The summed E-state index contributed by atoms with van der Waals surface area (Å²) < 4.78 is 0. The van der Waals surface area contributed by atoms with Crippen molar-refractivity contribution in [2.75, 3.05) is 24.5 Å². The zero-order valence-electron chi connectivity index (χ0n) is 13.8. The minimum absolute atomic E-state index is 0.0346. The Balaban J connectivity index is 1.54. The maximum Gasteiger partial charge on any atom is 0.240 e. The molecule has 1 amide bonds. The number of nitrogens with two attached hydrogens (primary N) is 1. The van der Waals surface area contributed by atoms with Gasteiger partial charge in [0, 0.05) is 30.3 Å². The smallest absolute Gasteiger partial charge is 0.240 e. The lowest BCUT2D eigenvalue weighted by Crippen LogP contribution is -2.52. The third kappa shape index (κ3) is 3.64. The number of anilines is 1. The number of carbonyl (C=O) groups excluding carboxylic acids is 1. The molecule has 1 aliphatic heterocycles. The van der Waals surface area contributed by atoms with Crippen LogP contribution in [0.1, 0.15) is 37.7 Å². The summed E-state index contributed by atoms with van der Waals surface area (Å²) in [6.45, 7) is 4.79. The molecule has 23 heavy (non-hydrogen) atoms. The lowest BCUT2D eigenvalue weighted by molar-refractivity contribution is -0.126. The van der Waals surface area contributed by atoms with E-state index in [4.69, 9.17) is 17.3 Å². The number of nitrogens with zero attached hydrogens (tertiary/aromatic N) is 1. The topological polar surface area (TPSA) is 58.4 Å². The van der Waals surface area contributed by atoms with Gasteiger partial charge >= 0.3 is 0 Å². The summed E-state index contributed by atoms with van der Waals surface area (Å²) in [4.78, 5) is 14.7. The zero-order valence-corrected chi connectivity index (χ0v) is 14.5. The Kier molecular flexibility index (Phi) is 4.83. The third-order valence-electron chi connectivity index (χ3n) is 5.30. The summed E-state index contributed by atoms with van der Waals surface area (Å²) in [5, 5.41) is 3.86. The summed E-state index contributed by atoms with van der Waals surface area (Å²) >= 11 is 6.12. The van der Waals surface area contributed by atoms with Gasteiger partial charge in [0.2, 0.25) is 5.91 Å². The number of amides is 1. The highest BCUT2D eigenvalue weighted by Crippen LogP contribution is 2.30. The van der Waals surface area contributed by atoms with Crippen LogP contribution in [0.2, 0.25) is 5.02 Å². The second-order valence-corrected chi connectivity index (χ2v) is 7.54. The molecule has 4 nitrogen and oxygen atoms in total. The first-order chi connectivity index (χ1) is 11.0. The van der Waals surface area contributed by atoms with Crippen molar-refractivity contribution in [3.8, 4) is 0 Å². The molecule has 1 aromatic carbocycles. The first-order valence-electron chi connectivity index (χ1n) is 8.56. The molecular formula is C18H26ClN3O. The molecule has 0 aromatic heterocycles. The van der Waals surface area contributed by atoms with Crippen LogP contribution in [0.5, 0.6) is 0 Å². The summed E-state index contributed by atoms with van der Waals surface area (Å²) in [5.41, 5.74) is 8.03. The van der Waals surface area contributed by atoms with Gasteiger partial charge in [-0.15, -0.1) is 0 Å². The van der Waals surface area contributed by atoms with Crippen LogP contribution in [-0.2, 0) is 4.79 Å². The van der Waals surface area contributed by atoms with Crippen molar-refractivity contribution in [1.29, 1.82) is 0 Å². The van der Waals surface area contributed by atoms with E-state index in [2.05, 4.69) is 23.2 Å². The number of halogens is 1. The van der Waals surface area contributed by atoms with Crippen molar-refractivity contribution in [3.63, 3.8) is 0 Å². The van der Waals surface area contributed by atoms with Gasteiger partial charge in [-0.05, 0) is 49.8 Å². The Bertz CT molecular complexity index is 584. The van der Waals surface area contributed by atoms with Crippen LogP contribution >= 0.6 is 11.6 Å².